The molecule has 11 nitrogen and oxygen atoms in total. The summed E-state index contributed by atoms with van der Waals surface area (Å²) in [5.74, 6) is -2.53. The highest BCUT2D eigenvalue weighted by molar-refractivity contribution is 7.47. The molecule has 0 saturated carbocycles. The maximum atomic E-state index is 12.3. The lowest BCUT2D eigenvalue weighted by molar-refractivity contribution is -0.147. The Kier molecular flexibility index (Phi) is 40.6. The summed E-state index contributed by atoms with van der Waals surface area (Å²) in [6.07, 6.45) is 58.0. The van der Waals surface area contributed by atoms with Crippen molar-refractivity contribution in [2.75, 3.05) is 19.8 Å². The van der Waals surface area contributed by atoms with Gasteiger partial charge in [-0.2, -0.15) is 0 Å². The molecule has 0 heterocycles. The molecule has 62 heavy (non-hydrogen) atoms. The third-order valence-corrected chi connectivity index (χ3v) is 9.70. The summed E-state index contributed by atoms with van der Waals surface area (Å²) in [5.41, 5.74) is 0. The number of hydrogen-bond acceptors (Lipinski definition) is 8. The highest BCUT2D eigenvalue weighted by Gasteiger charge is 2.28. The van der Waals surface area contributed by atoms with E-state index in [-0.39, 0.29) is 12.8 Å². The third kappa shape index (κ3) is 42.6. The summed E-state index contributed by atoms with van der Waals surface area (Å²) >= 11 is 0. The van der Waals surface area contributed by atoms with Gasteiger partial charge in [-0.3, -0.25) is 18.6 Å². The summed E-state index contributed by atoms with van der Waals surface area (Å²) in [6.45, 7) is 2.33. The van der Waals surface area contributed by atoms with E-state index >= 15 is 0 Å². The predicted molar refractivity (Wildman–Crippen MR) is 253 cm³/mol. The van der Waals surface area contributed by atoms with E-state index in [1.807, 2.05) is 18.2 Å². The second kappa shape index (κ2) is 43.5. The zero-order chi connectivity index (χ0) is 45.6. The molecule has 0 spiro atoms. The first-order chi connectivity index (χ1) is 30.1. The van der Waals surface area contributed by atoms with Gasteiger partial charge in [0.25, 0.3) is 0 Å². The number of amides is 1. The van der Waals surface area contributed by atoms with Crippen LogP contribution in [0, 0.1) is 0 Å². The van der Waals surface area contributed by atoms with Crippen LogP contribution in [0.2, 0.25) is 0 Å². The molecule has 0 fully saturated rings. The minimum atomic E-state index is -4.79. The van der Waals surface area contributed by atoms with E-state index in [2.05, 4.69) is 122 Å². The van der Waals surface area contributed by atoms with Gasteiger partial charge in [0.2, 0.25) is 5.91 Å². The average molecular weight is 884 g/mol. The Morgan fingerprint density at radius 1 is 0.532 bits per heavy atom. The SMILES string of the molecule is CC/C=C\C/C=C\C/C=C\C/C=C\C/C=C\C/C=C\CCC(=O)OCC(O)COP(=O)(O)OCC(NC(=O)CCCCC/C=C\C/C=C\C/C=C\C/C=C\CCCCC)C(=O)O. The largest absolute Gasteiger partial charge is 0.480 e. The number of aliphatic hydroxyl groups is 1. The smallest absolute Gasteiger partial charge is 0.472 e. The first-order valence-electron chi connectivity index (χ1n) is 22.6. The molecule has 0 rings (SSSR count). The maximum absolute atomic E-state index is 12.3. The highest BCUT2D eigenvalue weighted by atomic mass is 31.2. The van der Waals surface area contributed by atoms with Crippen LogP contribution in [0.3, 0.4) is 0 Å². The fourth-order valence-corrected chi connectivity index (χ4v) is 6.04. The van der Waals surface area contributed by atoms with Gasteiger partial charge in [-0.05, 0) is 96.3 Å². The number of unbranched alkanes of at least 4 members (excludes halogenated alkanes) is 6. The molecule has 1 amide bonds. The summed E-state index contributed by atoms with van der Waals surface area (Å²) in [4.78, 5) is 45.9. The van der Waals surface area contributed by atoms with Gasteiger partial charge in [-0.25, -0.2) is 9.36 Å². The Morgan fingerprint density at radius 2 is 0.952 bits per heavy atom. The standard InChI is InChI=1S/C50H78NO10P/c1-3-5-7-9-11-13-15-17-19-21-23-25-27-29-31-33-35-37-39-41-48(53)51-47(50(55)56)45-61-62(57,58)60-44-46(52)43-59-49(54)42-40-38-36-34-32-30-28-26-24-22-20-18-16-14-12-10-8-6-4-2/h6,8,11-14,17-20,23-26,29-32,36,38,46-47,52H,3-5,7,9-10,15-16,21-22,27-28,33-35,37,39-45H2,1-2H3,(H,51,53)(H,55,56)(H,57,58)/b8-6-,13-11-,14-12-,19-17-,20-18-,25-23-,26-24-,31-29-,32-30-,38-36-. The van der Waals surface area contributed by atoms with Crippen LogP contribution >= 0.6 is 7.82 Å². The number of ether oxygens (including phenoxy) is 1. The van der Waals surface area contributed by atoms with Crippen molar-refractivity contribution >= 4 is 25.7 Å². The first kappa shape index (κ1) is 57.9. The lowest BCUT2D eigenvalue weighted by Gasteiger charge is -2.18. The van der Waals surface area contributed by atoms with Crippen LogP contribution in [0.4, 0.5) is 0 Å². The molecule has 0 aliphatic heterocycles. The van der Waals surface area contributed by atoms with Crippen molar-refractivity contribution in [2.45, 2.75) is 154 Å². The number of nitrogens with one attached hydrogen (secondary N) is 1. The van der Waals surface area contributed by atoms with Gasteiger partial charge in [0.15, 0.2) is 6.04 Å². The van der Waals surface area contributed by atoms with Gasteiger partial charge in [0.05, 0.1) is 13.2 Å². The molecule has 0 aromatic heterocycles. The Balaban J connectivity index is 4.07. The van der Waals surface area contributed by atoms with Gasteiger partial charge < -0.3 is 25.2 Å². The van der Waals surface area contributed by atoms with Gasteiger partial charge in [-0.15, -0.1) is 0 Å². The molecule has 348 valence electrons. The Bertz CT molecular complexity index is 1500. The molecule has 0 radical (unpaired) electrons. The number of carboxylic acids is 1. The maximum Gasteiger partial charge on any atom is 0.472 e. The van der Waals surface area contributed by atoms with Gasteiger partial charge in [0, 0.05) is 12.8 Å². The topological polar surface area (TPSA) is 169 Å². The lowest BCUT2D eigenvalue weighted by Crippen LogP contribution is -2.43. The monoisotopic (exact) mass is 884 g/mol. The van der Waals surface area contributed by atoms with Crippen molar-refractivity contribution < 1.29 is 47.8 Å². The van der Waals surface area contributed by atoms with Crippen LogP contribution in [-0.2, 0) is 32.7 Å². The number of esters is 1. The molecule has 12 heteroatoms. The van der Waals surface area contributed by atoms with E-state index in [0.29, 0.717) is 12.8 Å². The number of allylic oxidation sites excluding steroid dienone is 20. The molecule has 0 aliphatic carbocycles. The summed E-state index contributed by atoms with van der Waals surface area (Å²) in [6, 6.07) is -1.58. The molecule has 0 saturated heterocycles. The molecular weight excluding hydrogens is 806 g/mol. The average Bonchev–Trinajstić information content (AvgIpc) is 3.25. The fourth-order valence-electron chi connectivity index (χ4n) is 5.26. The molecule has 0 aromatic rings. The predicted octanol–water partition coefficient (Wildman–Crippen LogP) is 12.0. The number of carbonyl (C=O) groups is 3. The van der Waals surface area contributed by atoms with Crippen LogP contribution in [0.5, 0.6) is 0 Å². The van der Waals surface area contributed by atoms with Gasteiger partial charge in [-0.1, -0.05) is 155 Å². The summed E-state index contributed by atoms with van der Waals surface area (Å²) < 4.78 is 26.8. The van der Waals surface area contributed by atoms with Crippen LogP contribution < -0.4 is 5.32 Å². The number of carbonyl (C=O) groups excluding carboxylic acids is 2. The van der Waals surface area contributed by atoms with Crippen molar-refractivity contribution in [1.82, 2.24) is 5.32 Å². The normalized spacial score (nSPS) is 14.8. The zero-order valence-electron chi connectivity index (χ0n) is 37.6. The number of aliphatic carboxylic acids is 1. The molecule has 0 aromatic carbocycles. The van der Waals surface area contributed by atoms with Gasteiger partial charge in [0.1, 0.15) is 12.7 Å². The van der Waals surface area contributed by atoms with Crippen LogP contribution in [0.1, 0.15) is 142 Å². The number of hydrogen-bond donors (Lipinski definition) is 4. The van der Waals surface area contributed by atoms with E-state index in [0.717, 1.165) is 83.5 Å². The van der Waals surface area contributed by atoms with Crippen molar-refractivity contribution in [3.05, 3.63) is 122 Å². The van der Waals surface area contributed by atoms with Crippen molar-refractivity contribution in [2.24, 2.45) is 0 Å². The van der Waals surface area contributed by atoms with Crippen LogP contribution in [0.25, 0.3) is 0 Å². The highest BCUT2D eigenvalue weighted by Crippen LogP contribution is 2.43. The van der Waals surface area contributed by atoms with E-state index in [4.69, 9.17) is 13.8 Å². The first-order valence-corrected chi connectivity index (χ1v) is 24.1. The third-order valence-electron chi connectivity index (χ3n) is 8.75. The Labute approximate surface area is 373 Å². The Hall–Kier alpha value is -4.12. The number of carboxylic acid groups (broad SMARTS) is 1. The molecular formula is C50H78NO10P. The number of phosphoric acid groups is 1. The molecule has 0 aliphatic rings. The Morgan fingerprint density at radius 3 is 1.40 bits per heavy atom. The van der Waals surface area contributed by atoms with Crippen molar-refractivity contribution in [3.8, 4) is 0 Å². The number of aliphatic hydroxyl groups excluding tert-OH is 1. The summed E-state index contributed by atoms with van der Waals surface area (Å²) in [5, 5.41) is 21.8. The second-order valence-electron chi connectivity index (χ2n) is 14.5. The zero-order valence-corrected chi connectivity index (χ0v) is 38.5. The quantitative estimate of drug-likeness (QED) is 0.0201. The molecule has 3 unspecified atom stereocenters. The van der Waals surface area contributed by atoms with Crippen LogP contribution in [-0.4, -0.2) is 64.9 Å². The molecule has 0 bridgehead atoms. The fraction of sp³-hybridized carbons (Fsp3) is 0.540. The van der Waals surface area contributed by atoms with E-state index in [1.54, 1.807) is 0 Å². The van der Waals surface area contributed by atoms with Crippen LogP contribution in [0.15, 0.2) is 122 Å². The van der Waals surface area contributed by atoms with E-state index < -0.39 is 57.6 Å². The van der Waals surface area contributed by atoms with Crippen molar-refractivity contribution in [1.29, 1.82) is 0 Å². The molecule has 3 atom stereocenters. The van der Waals surface area contributed by atoms with Gasteiger partial charge >= 0.3 is 19.8 Å². The van der Waals surface area contributed by atoms with E-state index in [9.17, 15) is 34.1 Å². The minimum Gasteiger partial charge on any atom is -0.480 e. The number of rotatable bonds is 40. The second-order valence-corrected chi connectivity index (χ2v) is 16.0. The number of phosphoric ester groups is 1. The van der Waals surface area contributed by atoms with E-state index in [1.165, 1.54) is 19.3 Å². The van der Waals surface area contributed by atoms with Crippen molar-refractivity contribution in [3.63, 3.8) is 0 Å². The minimum absolute atomic E-state index is 0.0891. The summed E-state index contributed by atoms with van der Waals surface area (Å²) in [7, 11) is -4.79. The lowest BCUT2D eigenvalue weighted by atomic mass is 10.1. The molecule has 4 N–H and O–H groups in total.